The molecule has 18 heavy (non-hydrogen) atoms. The van der Waals surface area contributed by atoms with Crippen LogP contribution < -0.4 is 0 Å². The SMILES string of the molecule is Cc1cccc(Cc2cn3ccc(Br)cc3n2)c1. The maximum Gasteiger partial charge on any atom is 0.138 e. The molecule has 0 unspecified atom stereocenters. The van der Waals surface area contributed by atoms with E-state index in [1.165, 1.54) is 11.1 Å². The van der Waals surface area contributed by atoms with Crippen LogP contribution in [0.3, 0.4) is 0 Å². The second-order valence-corrected chi connectivity index (χ2v) is 5.42. The highest BCUT2D eigenvalue weighted by Crippen LogP contribution is 2.15. The number of nitrogens with zero attached hydrogens (tertiary/aromatic N) is 2. The first-order valence-electron chi connectivity index (χ1n) is 5.89. The summed E-state index contributed by atoms with van der Waals surface area (Å²) in [4.78, 5) is 4.63. The smallest absolute Gasteiger partial charge is 0.138 e. The molecule has 0 saturated heterocycles. The van der Waals surface area contributed by atoms with Gasteiger partial charge in [-0.25, -0.2) is 4.98 Å². The van der Waals surface area contributed by atoms with Crippen LogP contribution >= 0.6 is 15.9 Å². The van der Waals surface area contributed by atoms with Crippen molar-refractivity contribution in [3.63, 3.8) is 0 Å². The van der Waals surface area contributed by atoms with Crippen molar-refractivity contribution in [3.05, 3.63) is 70.1 Å². The zero-order valence-corrected chi connectivity index (χ0v) is 11.7. The van der Waals surface area contributed by atoms with Gasteiger partial charge in [0.2, 0.25) is 0 Å². The molecule has 0 aliphatic rings. The van der Waals surface area contributed by atoms with Crippen molar-refractivity contribution in [1.82, 2.24) is 9.38 Å². The monoisotopic (exact) mass is 300 g/mol. The molecule has 0 aliphatic heterocycles. The topological polar surface area (TPSA) is 17.3 Å². The van der Waals surface area contributed by atoms with Gasteiger partial charge in [-0.3, -0.25) is 0 Å². The molecule has 2 aromatic heterocycles. The molecule has 0 radical (unpaired) electrons. The average molecular weight is 301 g/mol. The van der Waals surface area contributed by atoms with Gasteiger partial charge in [0.15, 0.2) is 0 Å². The first-order chi connectivity index (χ1) is 8.70. The molecule has 0 aliphatic carbocycles. The average Bonchev–Trinajstić information content (AvgIpc) is 2.70. The van der Waals surface area contributed by atoms with Crippen LogP contribution in [0.1, 0.15) is 16.8 Å². The molecule has 2 heterocycles. The number of aromatic nitrogens is 2. The summed E-state index contributed by atoms with van der Waals surface area (Å²) in [5.41, 5.74) is 4.67. The number of benzene rings is 1. The number of imidazole rings is 1. The number of hydrogen-bond donors (Lipinski definition) is 0. The molecule has 3 heteroatoms. The van der Waals surface area contributed by atoms with Gasteiger partial charge in [-0.05, 0) is 24.6 Å². The van der Waals surface area contributed by atoms with E-state index in [1.54, 1.807) is 0 Å². The minimum Gasteiger partial charge on any atom is -0.307 e. The molecular weight excluding hydrogens is 288 g/mol. The maximum absolute atomic E-state index is 4.63. The lowest BCUT2D eigenvalue weighted by molar-refractivity contribution is 1.11. The molecular formula is C15H13BrN2. The minimum atomic E-state index is 0.876. The van der Waals surface area contributed by atoms with Crippen molar-refractivity contribution in [2.24, 2.45) is 0 Å². The third kappa shape index (κ3) is 2.31. The van der Waals surface area contributed by atoms with E-state index in [2.05, 4.69) is 62.7 Å². The second-order valence-electron chi connectivity index (χ2n) is 4.51. The van der Waals surface area contributed by atoms with Crippen LogP contribution in [0.5, 0.6) is 0 Å². The Labute approximate surface area is 114 Å². The summed E-state index contributed by atoms with van der Waals surface area (Å²) in [5.74, 6) is 0. The van der Waals surface area contributed by atoms with E-state index in [0.717, 1.165) is 22.2 Å². The Morgan fingerprint density at radius 3 is 2.94 bits per heavy atom. The van der Waals surface area contributed by atoms with E-state index in [-0.39, 0.29) is 0 Å². The van der Waals surface area contributed by atoms with Crippen molar-refractivity contribution >= 4 is 21.6 Å². The van der Waals surface area contributed by atoms with Crippen molar-refractivity contribution < 1.29 is 0 Å². The molecule has 1 aromatic carbocycles. The summed E-state index contributed by atoms with van der Waals surface area (Å²) >= 11 is 3.46. The maximum atomic E-state index is 4.63. The summed E-state index contributed by atoms with van der Waals surface area (Å²) in [6.45, 7) is 2.12. The van der Waals surface area contributed by atoms with Crippen LogP contribution in [0.4, 0.5) is 0 Å². The normalized spacial score (nSPS) is 11.0. The minimum absolute atomic E-state index is 0.876. The van der Waals surface area contributed by atoms with Crippen LogP contribution in [0, 0.1) is 6.92 Å². The highest BCUT2D eigenvalue weighted by Gasteiger charge is 2.03. The van der Waals surface area contributed by atoms with Gasteiger partial charge < -0.3 is 4.40 Å². The molecule has 0 saturated carbocycles. The first kappa shape index (κ1) is 11.5. The van der Waals surface area contributed by atoms with Crippen molar-refractivity contribution in [1.29, 1.82) is 0 Å². The standard InChI is InChI=1S/C15H13BrN2/c1-11-3-2-4-12(7-11)8-14-10-18-6-5-13(16)9-15(18)17-14/h2-7,9-10H,8H2,1H3. The fraction of sp³-hybridized carbons (Fsp3) is 0.133. The van der Waals surface area contributed by atoms with Gasteiger partial charge in [-0.2, -0.15) is 0 Å². The third-order valence-electron chi connectivity index (χ3n) is 2.94. The fourth-order valence-electron chi connectivity index (χ4n) is 2.13. The van der Waals surface area contributed by atoms with Crippen LogP contribution in [0.25, 0.3) is 5.65 Å². The lowest BCUT2D eigenvalue weighted by Gasteiger charge is -1.99. The van der Waals surface area contributed by atoms with Gasteiger partial charge >= 0.3 is 0 Å². The second kappa shape index (κ2) is 4.58. The van der Waals surface area contributed by atoms with E-state index in [4.69, 9.17) is 0 Å². The quantitative estimate of drug-likeness (QED) is 0.699. The zero-order valence-electron chi connectivity index (χ0n) is 10.1. The Morgan fingerprint density at radius 1 is 1.22 bits per heavy atom. The van der Waals surface area contributed by atoms with Gasteiger partial charge in [0.1, 0.15) is 5.65 Å². The van der Waals surface area contributed by atoms with Crippen molar-refractivity contribution in [3.8, 4) is 0 Å². The molecule has 3 rings (SSSR count). The van der Waals surface area contributed by atoms with Gasteiger partial charge in [-0.15, -0.1) is 0 Å². The third-order valence-corrected chi connectivity index (χ3v) is 3.43. The van der Waals surface area contributed by atoms with E-state index < -0.39 is 0 Å². The lowest BCUT2D eigenvalue weighted by atomic mass is 10.1. The fourth-order valence-corrected chi connectivity index (χ4v) is 2.45. The predicted octanol–water partition coefficient (Wildman–Crippen LogP) is 4.00. The van der Waals surface area contributed by atoms with Gasteiger partial charge in [0.25, 0.3) is 0 Å². The Hall–Kier alpha value is -1.61. The van der Waals surface area contributed by atoms with Crippen molar-refractivity contribution in [2.75, 3.05) is 0 Å². The van der Waals surface area contributed by atoms with Gasteiger partial charge in [0.05, 0.1) is 5.69 Å². The van der Waals surface area contributed by atoms with E-state index in [9.17, 15) is 0 Å². The highest BCUT2D eigenvalue weighted by atomic mass is 79.9. The number of pyridine rings is 1. The number of aryl methyl sites for hydroxylation is 1. The molecule has 90 valence electrons. The van der Waals surface area contributed by atoms with Gasteiger partial charge in [0, 0.05) is 23.3 Å². The summed E-state index contributed by atoms with van der Waals surface area (Å²) in [5, 5.41) is 0. The lowest BCUT2D eigenvalue weighted by Crippen LogP contribution is -1.88. The van der Waals surface area contributed by atoms with Crippen LogP contribution in [-0.2, 0) is 6.42 Å². The molecule has 3 aromatic rings. The van der Waals surface area contributed by atoms with Gasteiger partial charge in [-0.1, -0.05) is 45.8 Å². The number of hydrogen-bond acceptors (Lipinski definition) is 1. The summed E-state index contributed by atoms with van der Waals surface area (Å²) in [7, 11) is 0. The zero-order chi connectivity index (χ0) is 12.5. The van der Waals surface area contributed by atoms with Crippen LogP contribution in [-0.4, -0.2) is 9.38 Å². The molecule has 2 nitrogen and oxygen atoms in total. The molecule has 0 N–H and O–H groups in total. The van der Waals surface area contributed by atoms with E-state index >= 15 is 0 Å². The molecule has 0 fully saturated rings. The summed E-state index contributed by atoms with van der Waals surface area (Å²) in [6, 6.07) is 12.6. The van der Waals surface area contributed by atoms with Crippen LogP contribution in [0.2, 0.25) is 0 Å². The van der Waals surface area contributed by atoms with Crippen molar-refractivity contribution in [2.45, 2.75) is 13.3 Å². The summed E-state index contributed by atoms with van der Waals surface area (Å²) < 4.78 is 3.11. The Kier molecular flexibility index (Phi) is 2.92. The largest absolute Gasteiger partial charge is 0.307 e. The molecule has 0 amide bonds. The highest BCUT2D eigenvalue weighted by molar-refractivity contribution is 9.10. The Bertz CT molecular complexity index is 701. The predicted molar refractivity (Wildman–Crippen MR) is 76.9 cm³/mol. The number of halogens is 1. The first-order valence-corrected chi connectivity index (χ1v) is 6.69. The molecule has 0 bridgehead atoms. The van der Waals surface area contributed by atoms with Crippen LogP contribution in [0.15, 0.2) is 53.3 Å². The Morgan fingerprint density at radius 2 is 2.11 bits per heavy atom. The number of rotatable bonds is 2. The Balaban J connectivity index is 1.95. The molecule has 0 spiro atoms. The van der Waals surface area contributed by atoms with E-state index in [1.807, 2.05) is 18.3 Å². The molecule has 0 atom stereocenters. The summed E-state index contributed by atoms with van der Waals surface area (Å²) in [6.07, 6.45) is 4.98. The van der Waals surface area contributed by atoms with E-state index in [0.29, 0.717) is 0 Å². The number of fused-ring (bicyclic) bond motifs is 1.